The zero-order valence-electron chi connectivity index (χ0n) is 17.5. The number of hydrogen-bond acceptors (Lipinski definition) is 6. The quantitative estimate of drug-likeness (QED) is 0.524. The molecule has 156 valence electrons. The fourth-order valence-electron chi connectivity index (χ4n) is 2.78. The van der Waals surface area contributed by atoms with E-state index in [1.165, 1.54) is 11.3 Å². The van der Waals surface area contributed by atoms with Crippen molar-refractivity contribution < 1.29 is 14.3 Å². The zero-order chi connectivity index (χ0) is 21.7. The predicted molar refractivity (Wildman–Crippen MR) is 120 cm³/mol. The van der Waals surface area contributed by atoms with Gasteiger partial charge in [0.1, 0.15) is 15.6 Å². The first-order valence-corrected chi connectivity index (χ1v) is 10.4. The fraction of sp³-hybridized carbons (Fsp3) is 0.261. The summed E-state index contributed by atoms with van der Waals surface area (Å²) in [6.45, 7) is 5.64. The Morgan fingerprint density at radius 1 is 1.13 bits per heavy atom. The predicted octanol–water partition coefficient (Wildman–Crippen LogP) is 4.45. The van der Waals surface area contributed by atoms with Crippen molar-refractivity contribution in [2.45, 2.75) is 32.9 Å². The summed E-state index contributed by atoms with van der Waals surface area (Å²) < 4.78 is 5.61. The van der Waals surface area contributed by atoms with Gasteiger partial charge in [-0.25, -0.2) is 4.98 Å². The monoisotopic (exact) mass is 423 g/mol. The van der Waals surface area contributed by atoms with E-state index in [1.807, 2.05) is 50.4 Å². The SMILES string of the molecule is CNc1ccc(-c2nc(C)c(C(=O)NCc3ccc(OC(C)(C)C=O)cc3)s2)cc1. The van der Waals surface area contributed by atoms with E-state index in [4.69, 9.17) is 4.74 Å². The van der Waals surface area contributed by atoms with Crippen LogP contribution in [-0.4, -0.2) is 29.8 Å². The average Bonchev–Trinajstić information content (AvgIpc) is 3.14. The topological polar surface area (TPSA) is 80.3 Å². The molecule has 3 rings (SSSR count). The van der Waals surface area contributed by atoms with Gasteiger partial charge in [0.15, 0.2) is 11.9 Å². The molecule has 0 aliphatic carbocycles. The number of anilines is 1. The van der Waals surface area contributed by atoms with Gasteiger partial charge < -0.3 is 15.4 Å². The minimum absolute atomic E-state index is 0.148. The van der Waals surface area contributed by atoms with Crippen LogP contribution in [0.5, 0.6) is 5.75 Å². The highest BCUT2D eigenvalue weighted by molar-refractivity contribution is 7.17. The van der Waals surface area contributed by atoms with Crippen molar-refractivity contribution in [1.29, 1.82) is 0 Å². The van der Waals surface area contributed by atoms with Crippen LogP contribution in [0.3, 0.4) is 0 Å². The number of nitrogens with zero attached hydrogens (tertiary/aromatic N) is 1. The number of aromatic nitrogens is 1. The molecule has 0 saturated carbocycles. The summed E-state index contributed by atoms with van der Waals surface area (Å²) in [5.74, 6) is 0.458. The van der Waals surface area contributed by atoms with Crippen molar-refractivity contribution in [2.75, 3.05) is 12.4 Å². The standard InChI is InChI=1S/C23H25N3O3S/c1-15-20(30-22(26-15)17-7-9-18(24-4)10-8-17)21(28)25-13-16-5-11-19(12-6-16)29-23(2,3)14-27/h5-12,14,24H,13H2,1-4H3,(H,25,28). The second kappa shape index (κ2) is 9.09. The molecule has 0 aliphatic rings. The summed E-state index contributed by atoms with van der Waals surface area (Å²) in [5, 5.41) is 6.85. The first kappa shape index (κ1) is 21.5. The minimum atomic E-state index is -0.871. The van der Waals surface area contributed by atoms with Crippen LogP contribution in [0.1, 0.15) is 34.8 Å². The van der Waals surface area contributed by atoms with Gasteiger partial charge in [0.2, 0.25) is 0 Å². The second-order valence-corrected chi connectivity index (χ2v) is 8.41. The molecule has 0 unspecified atom stereocenters. The summed E-state index contributed by atoms with van der Waals surface area (Å²) in [6, 6.07) is 15.2. The molecule has 0 atom stereocenters. The molecule has 0 radical (unpaired) electrons. The minimum Gasteiger partial charge on any atom is -0.480 e. The summed E-state index contributed by atoms with van der Waals surface area (Å²) in [6.07, 6.45) is 0.766. The molecule has 0 bridgehead atoms. The lowest BCUT2D eigenvalue weighted by atomic mass is 10.1. The number of rotatable bonds is 8. The molecule has 3 aromatic rings. The number of hydrogen-bond donors (Lipinski definition) is 2. The van der Waals surface area contributed by atoms with E-state index in [0.29, 0.717) is 22.9 Å². The molecule has 0 fully saturated rings. The molecule has 30 heavy (non-hydrogen) atoms. The first-order chi connectivity index (χ1) is 14.3. The van der Waals surface area contributed by atoms with Crippen molar-refractivity contribution in [3.05, 3.63) is 64.7 Å². The highest BCUT2D eigenvalue weighted by Crippen LogP contribution is 2.29. The maximum atomic E-state index is 12.7. The lowest BCUT2D eigenvalue weighted by Gasteiger charge is -2.19. The van der Waals surface area contributed by atoms with Crippen molar-refractivity contribution >= 4 is 29.2 Å². The second-order valence-electron chi connectivity index (χ2n) is 7.41. The molecule has 0 spiro atoms. The van der Waals surface area contributed by atoms with Gasteiger partial charge in [0.05, 0.1) is 5.69 Å². The number of carbonyl (C=O) groups excluding carboxylic acids is 2. The smallest absolute Gasteiger partial charge is 0.263 e. The Kier molecular flexibility index (Phi) is 6.52. The normalized spacial score (nSPS) is 11.1. The van der Waals surface area contributed by atoms with Crippen molar-refractivity contribution in [3.63, 3.8) is 0 Å². The molecule has 2 aromatic carbocycles. The molecule has 2 N–H and O–H groups in total. The van der Waals surface area contributed by atoms with E-state index in [2.05, 4.69) is 15.6 Å². The molecule has 7 heteroatoms. The van der Waals surface area contributed by atoms with E-state index >= 15 is 0 Å². The fourth-order valence-corrected chi connectivity index (χ4v) is 3.76. The highest BCUT2D eigenvalue weighted by atomic mass is 32.1. The Morgan fingerprint density at radius 2 is 1.80 bits per heavy atom. The third-order valence-electron chi connectivity index (χ3n) is 4.46. The van der Waals surface area contributed by atoms with Crippen molar-refractivity contribution in [1.82, 2.24) is 10.3 Å². The van der Waals surface area contributed by atoms with E-state index in [-0.39, 0.29) is 5.91 Å². The molecule has 0 saturated heterocycles. The van der Waals surface area contributed by atoms with Gasteiger partial charge in [-0.3, -0.25) is 9.59 Å². The first-order valence-electron chi connectivity index (χ1n) is 9.59. The Hall–Kier alpha value is -3.19. The van der Waals surface area contributed by atoms with Crippen LogP contribution < -0.4 is 15.4 Å². The highest BCUT2D eigenvalue weighted by Gasteiger charge is 2.18. The van der Waals surface area contributed by atoms with Crippen LogP contribution in [0, 0.1) is 6.92 Å². The van der Waals surface area contributed by atoms with Crippen LogP contribution in [0.25, 0.3) is 10.6 Å². The molecular weight excluding hydrogens is 398 g/mol. The third-order valence-corrected chi connectivity index (χ3v) is 5.67. The summed E-state index contributed by atoms with van der Waals surface area (Å²) in [5.41, 5.74) is 2.78. The number of amides is 1. The van der Waals surface area contributed by atoms with E-state index < -0.39 is 5.60 Å². The van der Waals surface area contributed by atoms with Crippen LogP contribution >= 0.6 is 11.3 Å². The third kappa shape index (κ3) is 5.24. The Bertz CT molecular complexity index is 1020. The summed E-state index contributed by atoms with van der Waals surface area (Å²) in [7, 11) is 1.87. The molecule has 1 aromatic heterocycles. The van der Waals surface area contributed by atoms with Gasteiger partial charge in [-0.1, -0.05) is 12.1 Å². The number of ether oxygens (including phenoxy) is 1. The van der Waals surface area contributed by atoms with Gasteiger partial charge in [0, 0.05) is 24.8 Å². The van der Waals surface area contributed by atoms with Crippen molar-refractivity contribution in [3.8, 4) is 16.3 Å². The van der Waals surface area contributed by atoms with Gasteiger partial charge in [-0.2, -0.15) is 0 Å². The number of aryl methyl sites for hydroxylation is 1. The largest absolute Gasteiger partial charge is 0.480 e. The number of benzene rings is 2. The Balaban J connectivity index is 1.63. The van der Waals surface area contributed by atoms with Crippen molar-refractivity contribution in [2.24, 2.45) is 0 Å². The van der Waals surface area contributed by atoms with Crippen LogP contribution in [0.2, 0.25) is 0 Å². The zero-order valence-corrected chi connectivity index (χ0v) is 18.3. The Labute approximate surface area is 180 Å². The lowest BCUT2D eigenvalue weighted by Crippen LogP contribution is -2.29. The van der Waals surface area contributed by atoms with Gasteiger partial charge in [-0.15, -0.1) is 11.3 Å². The van der Waals surface area contributed by atoms with Crippen LogP contribution in [0.4, 0.5) is 5.69 Å². The summed E-state index contributed by atoms with van der Waals surface area (Å²) in [4.78, 5) is 28.8. The molecule has 1 heterocycles. The van der Waals surface area contributed by atoms with Crippen LogP contribution in [-0.2, 0) is 11.3 Å². The maximum absolute atomic E-state index is 12.7. The maximum Gasteiger partial charge on any atom is 0.263 e. The Morgan fingerprint density at radius 3 is 2.40 bits per heavy atom. The van der Waals surface area contributed by atoms with Crippen LogP contribution in [0.15, 0.2) is 48.5 Å². The number of thiazole rings is 1. The average molecular weight is 424 g/mol. The van der Waals surface area contributed by atoms with E-state index in [9.17, 15) is 9.59 Å². The van der Waals surface area contributed by atoms with E-state index in [0.717, 1.165) is 28.1 Å². The van der Waals surface area contributed by atoms with Gasteiger partial charge >= 0.3 is 0 Å². The molecule has 1 amide bonds. The lowest BCUT2D eigenvalue weighted by molar-refractivity contribution is -0.119. The van der Waals surface area contributed by atoms with Gasteiger partial charge in [0.25, 0.3) is 5.91 Å². The van der Waals surface area contributed by atoms with E-state index in [1.54, 1.807) is 26.0 Å². The molecule has 0 aliphatic heterocycles. The molecular formula is C23H25N3O3S. The number of nitrogens with one attached hydrogen (secondary N) is 2. The molecule has 6 nitrogen and oxygen atoms in total. The number of aldehydes is 1. The number of carbonyl (C=O) groups is 2. The summed E-state index contributed by atoms with van der Waals surface area (Å²) >= 11 is 1.38. The van der Waals surface area contributed by atoms with Gasteiger partial charge in [-0.05, 0) is 62.7 Å².